The van der Waals surface area contributed by atoms with E-state index in [0.29, 0.717) is 11.8 Å². The van der Waals surface area contributed by atoms with Crippen LogP contribution in [0.15, 0.2) is 48.5 Å². The number of hydrogen-bond acceptors (Lipinski definition) is 1. The average Bonchev–Trinajstić information content (AvgIpc) is 3.31. The van der Waals surface area contributed by atoms with E-state index in [9.17, 15) is 5.11 Å². The van der Waals surface area contributed by atoms with Crippen molar-refractivity contribution in [1.82, 2.24) is 0 Å². The lowest BCUT2D eigenvalue weighted by Gasteiger charge is -2.31. The van der Waals surface area contributed by atoms with Crippen LogP contribution >= 0.6 is 0 Å². The molecule has 2 aliphatic rings. The van der Waals surface area contributed by atoms with Crippen LogP contribution in [0.25, 0.3) is 0 Å². The number of fused-ring (bicyclic) bond motifs is 2. The molecule has 102 valence electrons. The maximum atomic E-state index is 11.6. The fourth-order valence-electron chi connectivity index (χ4n) is 3.87. The molecule has 2 aromatic rings. The molecule has 0 saturated heterocycles. The predicted octanol–water partition coefficient (Wildman–Crippen LogP) is 3.99. The smallest absolute Gasteiger partial charge is 0.118 e. The van der Waals surface area contributed by atoms with Crippen molar-refractivity contribution in [2.45, 2.75) is 37.7 Å². The first-order valence-electron chi connectivity index (χ1n) is 7.61. The highest BCUT2D eigenvalue weighted by molar-refractivity contribution is 5.50. The van der Waals surface area contributed by atoms with E-state index in [1.165, 1.54) is 11.1 Å². The van der Waals surface area contributed by atoms with Crippen molar-refractivity contribution >= 4 is 0 Å². The summed E-state index contributed by atoms with van der Waals surface area (Å²) >= 11 is 0. The van der Waals surface area contributed by atoms with Crippen molar-refractivity contribution in [3.63, 3.8) is 0 Å². The summed E-state index contributed by atoms with van der Waals surface area (Å²) in [7, 11) is 0. The Morgan fingerprint density at radius 2 is 1.60 bits per heavy atom. The van der Waals surface area contributed by atoms with E-state index in [-0.39, 0.29) is 0 Å². The Hall–Kier alpha value is -1.60. The Kier molecular flexibility index (Phi) is 2.55. The second kappa shape index (κ2) is 4.20. The summed E-state index contributed by atoms with van der Waals surface area (Å²) in [6, 6.07) is 16.9. The van der Waals surface area contributed by atoms with Gasteiger partial charge in [0.1, 0.15) is 5.60 Å². The molecule has 0 amide bonds. The molecule has 0 spiro atoms. The summed E-state index contributed by atoms with van der Waals surface area (Å²) in [6.45, 7) is 2.27. The first-order valence-corrected chi connectivity index (χ1v) is 7.61. The van der Waals surface area contributed by atoms with E-state index >= 15 is 0 Å². The zero-order valence-electron chi connectivity index (χ0n) is 11.8. The maximum Gasteiger partial charge on any atom is 0.118 e. The summed E-state index contributed by atoms with van der Waals surface area (Å²) in [5.41, 5.74) is 4.13. The third kappa shape index (κ3) is 1.59. The standard InChI is InChI=1S/C19H20O/c1-13-12-14-6-2-4-8-17(14)19(20,15-10-11-15)18-9-5-3-7-16(13)18/h2-9,13,15,20H,10-12H2,1H3. The van der Waals surface area contributed by atoms with E-state index < -0.39 is 5.60 Å². The minimum absolute atomic E-state index is 0.384. The van der Waals surface area contributed by atoms with Crippen LogP contribution in [0, 0.1) is 5.92 Å². The van der Waals surface area contributed by atoms with Crippen molar-refractivity contribution in [3.8, 4) is 0 Å². The largest absolute Gasteiger partial charge is 0.380 e. The molecule has 1 nitrogen and oxygen atoms in total. The molecule has 0 radical (unpaired) electrons. The average molecular weight is 264 g/mol. The number of hydrogen-bond donors (Lipinski definition) is 1. The molecule has 1 fully saturated rings. The van der Waals surface area contributed by atoms with Crippen LogP contribution in [0.2, 0.25) is 0 Å². The van der Waals surface area contributed by atoms with Gasteiger partial charge in [-0.1, -0.05) is 55.5 Å². The lowest BCUT2D eigenvalue weighted by atomic mass is 9.79. The highest BCUT2D eigenvalue weighted by Gasteiger charge is 2.49. The van der Waals surface area contributed by atoms with E-state index in [1.54, 1.807) is 0 Å². The molecule has 4 rings (SSSR count). The number of benzene rings is 2. The quantitative estimate of drug-likeness (QED) is 0.825. The van der Waals surface area contributed by atoms with Gasteiger partial charge in [0.15, 0.2) is 0 Å². The van der Waals surface area contributed by atoms with Gasteiger partial charge in [-0.3, -0.25) is 0 Å². The van der Waals surface area contributed by atoms with Crippen LogP contribution in [0.4, 0.5) is 0 Å². The Bertz CT molecular complexity index is 656. The third-order valence-corrected chi connectivity index (χ3v) is 5.02. The second-order valence-electron chi connectivity index (χ2n) is 6.39. The number of rotatable bonds is 1. The van der Waals surface area contributed by atoms with Crippen LogP contribution in [-0.4, -0.2) is 5.11 Å². The highest BCUT2D eigenvalue weighted by Crippen LogP contribution is 2.53. The van der Waals surface area contributed by atoms with E-state index in [2.05, 4.69) is 55.5 Å². The Labute approximate surface area is 120 Å². The SMILES string of the molecule is CC1Cc2ccccc2C(O)(C2CC2)c2ccccc21. The molecule has 20 heavy (non-hydrogen) atoms. The summed E-state index contributed by atoms with van der Waals surface area (Å²) < 4.78 is 0. The molecular weight excluding hydrogens is 244 g/mol. The first kappa shape index (κ1) is 12.2. The molecule has 0 aromatic heterocycles. The molecular formula is C19H20O. The van der Waals surface area contributed by atoms with Crippen LogP contribution in [0.3, 0.4) is 0 Å². The van der Waals surface area contributed by atoms with Gasteiger partial charge in [0.2, 0.25) is 0 Å². The second-order valence-corrected chi connectivity index (χ2v) is 6.39. The molecule has 1 N–H and O–H groups in total. The topological polar surface area (TPSA) is 20.2 Å². The monoisotopic (exact) mass is 264 g/mol. The molecule has 1 saturated carbocycles. The molecule has 2 unspecified atom stereocenters. The van der Waals surface area contributed by atoms with Gasteiger partial charge in [0, 0.05) is 0 Å². The molecule has 0 heterocycles. The molecule has 2 aromatic carbocycles. The van der Waals surface area contributed by atoms with Crippen molar-refractivity contribution in [2.24, 2.45) is 5.92 Å². The fourth-order valence-corrected chi connectivity index (χ4v) is 3.87. The Morgan fingerprint density at radius 1 is 0.950 bits per heavy atom. The van der Waals surface area contributed by atoms with Crippen LogP contribution in [0.5, 0.6) is 0 Å². The van der Waals surface area contributed by atoms with Gasteiger partial charge < -0.3 is 5.11 Å². The minimum atomic E-state index is -0.780. The van der Waals surface area contributed by atoms with Gasteiger partial charge in [-0.05, 0) is 53.4 Å². The van der Waals surface area contributed by atoms with Gasteiger partial charge in [0.05, 0.1) is 0 Å². The highest BCUT2D eigenvalue weighted by atomic mass is 16.3. The Morgan fingerprint density at radius 3 is 2.35 bits per heavy atom. The van der Waals surface area contributed by atoms with Gasteiger partial charge >= 0.3 is 0 Å². The normalized spacial score (nSPS) is 28.4. The molecule has 2 atom stereocenters. The molecule has 0 bridgehead atoms. The summed E-state index contributed by atoms with van der Waals surface area (Å²) in [5.74, 6) is 0.843. The molecule has 2 aliphatic carbocycles. The van der Waals surface area contributed by atoms with Gasteiger partial charge in [0.25, 0.3) is 0 Å². The minimum Gasteiger partial charge on any atom is -0.380 e. The lowest BCUT2D eigenvalue weighted by Crippen LogP contribution is -2.31. The zero-order valence-corrected chi connectivity index (χ0v) is 11.8. The van der Waals surface area contributed by atoms with Gasteiger partial charge in [-0.15, -0.1) is 0 Å². The fraction of sp³-hybridized carbons (Fsp3) is 0.368. The molecule has 1 heteroatoms. The third-order valence-electron chi connectivity index (χ3n) is 5.02. The van der Waals surface area contributed by atoms with Gasteiger partial charge in [-0.2, -0.15) is 0 Å². The van der Waals surface area contributed by atoms with Crippen LogP contribution < -0.4 is 0 Å². The summed E-state index contributed by atoms with van der Waals surface area (Å²) in [4.78, 5) is 0. The lowest BCUT2D eigenvalue weighted by molar-refractivity contribution is 0.0557. The maximum absolute atomic E-state index is 11.6. The van der Waals surface area contributed by atoms with Gasteiger partial charge in [-0.25, -0.2) is 0 Å². The van der Waals surface area contributed by atoms with E-state index in [0.717, 1.165) is 30.4 Å². The van der Waals surface area contributed by atoms with E-state index in [1.807, 2.05) is 0 Å². The number of aliphatic hydroxyl groups is 1. The zero-order chi connectivity index (χ0) is 13.7. The van der Waals surface area contributed by atoms with Crippen LogP contribution in [0.1, 0.15) is 47.9 Å². The van der Waals surface area contributed by atoms with E-state index in [4.69, 9.17) is 0 Å². The first-order chi connectivity index (χ1) is 9.71. The summed E-state index contributed by atoms with van der Waals surface area (Å²) in [6.07, 6.45) is 3.28. The molecule has 0 aliphatic heterocycles. The summed E-state index contributed by atoms with van der Waals surface area (Å²) in [5, 5.41) is 11.6. The van der Waals surface area contributed by atoms with Crippen LogP contribution in [-0.2, 0) is 12.0 Å². The van der Waals surface area contributed by atoms with Crippen molar-refractivity contribution in [1.29, 1.82) is 0 Å². The van der Waals surface area contributed by atoms with Crippen molar-refractivity contribution in [3.05, 3.63) is 70.8 Å². The Balaban J connectivity index is 2.04. The van der Waals surface area contributed by atoms with Crippen molar-refractivity contribution in [2.75, 3.05) is 0 Å². The van der Waals surface area contributed by atoms with Crippen molar-refractivity contribution < 1.29 is 5.11 Å². The predicted molar refractivity (Wildman–Crippen MR) is 80.7 cm³/mol.